The maximum absolute atomic E-state index is 11.5. The zero-order valence-electron chi connectivity index (χ0n) is 9.29. The predicted octanol–water partition coefficient (Wildman–Crippen LogP) is 2.50. The Balaban J connectivity index is 2.49. The summed E-state index contributed by atoms with van der Waals surface area (Å²) in [5.41, 5.74) is 0.589. The first kappa shape index (κ1) is 12.8. The van der Waals surface area contributed by atoms with Crippen LogP contribution < -0.4 is 10.6 Å². The standard InChI is InChI=1S/C11H15ClN2O2/c1-8(7-16-2)13-11(15)14-10-6-4-3-5-9(10)12/h3-6,8H,7H2,1-2H3,(H2,13,14,15)/t8-/m0/s1. The van der Waals surface area contributed by atoms with Crippen molar-refractivity contribution in [2.75, 3.05) is 19.0 Å². The van der Waals surface area contributed by atoms with Gasteiger partial charge >= 0.3 is 6.03 Å². The molecule has 0 heterocycles. The molecule has 0 saturated heterocycles. The second-order valence-electron chi connectivity index (χ2n) is 3.43. The van der Waals surface area contributed by atoms with E-state index < -0.39 is 0 Å². The lowest BCUT2D eigenvalue weighted by Crippen LogP contribution is -2.38. The van der Waals surface area contributed by atoms with Crippen molar-refractivity contribution in [2.45, 2.75) is 13.0 Å². The Morgan fingerprint density at radius 2 is 2.19 bits per heavy atom. The van der Waals surface area contributed by atoms with Crippen molar-refractivity contribution < 1.29 is 9.53 Å². The fourth-order valence-corrected chi connectivity index (χ4v) is 1.42. The van der Waals surface area contributed by atoms with Gasteiger partial charge in [0.25, 0.3) is 0 Å². The number of methoxy groups -OCH3 is 1. The van der Waals surface area contributed by atoms with Crippen LogP contribution in [-0.2, 0) is 4.74 Å². The number of amides is 2. The van der Waals surface area contributed by atoms with Gasteiger partial charge in [0, 0.05) is 7.11 Å². The molecule has 2 amide bonds. The van der Waals surface area contributed by atoms with E-state index in [0.29, 0.717) is 17.3 Å². The Bertz CT molecular complexity index is 358. The Morgan fingerprint density at radius 3 is 2.81 bits per heavy atom. The van der Waals surface area contributed by atoms with Gasteiger partial charge in [0.05, 0.1) is 23.4 Å². The molecule has 1 aromatic rings. The van der Waals surface area contributed by atoms with Crippen molar-refractivity contribution in [1.29, 1.82) is 0 Å². The molecule has 16 heavy (non-hydrogen) atoms. The number of nitrogens with one attached hydrogen (secondary N) is 2. The molecule has 0 spiro atoms. The van der Waals surface area contributed by atoms with Crippen LogP contribution in [0.2, 0.25) is 5.02 Å². The summed E-state index contributed by atoms with van der Waals surface area (Å²) in [7, 11) is 1.59. The molecule has 1 rings (SSSR count). The number of rotatable bonds is 4. The van der Waals surface area contributed by atoms with Gasteiger partial charge in [0.15, 0.2) is 0 Å². The van der Waals surface area contributed by atoms with E-state index in [1.165, 1.54) is 0 Å². The highest BCUT2D eigenvalue weighted by atomic mass is 35.5. The molecule has 4 nitrogen and oxygen atoms in total. The Labute approximate surface area is 99.9 Å². The third-order valence-corrected chi connectivity index (χ3v) is 2.25. The van der Waals surface area contributed by atoms with E-state index in [-0.39, 0.29) is 12.1 Å². The number of hydrogen-bond donors (Lipinski definition) is 2. The maximum Gasteiger partial charge on any atom is 0.319 e. The van der Waals surface area contributed by atoms with E-state index in [0.717, 1.165) is 0 Å². The molecule has 0 radical (unpaired) electrons. The highest BCUT2D eigenvalue weighted by molar-refractivity contribution is 6.33. The molecule has 2 N–H and O–H groups in total. The van der Waals surface area contributed by atoms with Gasteiger partial charge in [-0.1, -0.05) is 23.7 Å². The summed E-state index contributed by atoms with van der Waals surface area (Å²) in [6.07, 6.45) is 0. The second-order valence-corrected chi connectivity index (χ2v) is 3.84. The van der Waals surface area contributed by atoms with Crippen LogP contribution >= 0.6 is 11.6 Å². The van der Waals surface area contributed by atoms with Gasteiger partial charge in [0.2, 0.25) is 0 Å². The second kappa shape index (κ2) is 6.35. The first-order valence-corrected chi connectivity index (χ1v) is 5.32. The van der Waals surface area contributed by atoms with Crippen LogP contribution in [0, 0.1) is 0 Å². The molecule has 0 aliphatic rings. The smallest absolute Gasteiger partial charge is 0.319 e. The van der Waals surface area contributed by atoms with Crippen molar-refractivity contribution >= 4 is 23.3 Å². The van der Waals surface area contributed by atoms with E-state index in [4.69, 9.17) is 16.3 Å². The van der Waals surface area contributed by atoms with E-state index in [9.17, 15) is 4.79 Å². The lowest BCUT2D eigenvalue weighted by molar-refractivity contribution is 0.173. The molecule has 0 bridgehead atoms. The molecule has 1 aromatic carbocycles. The number of para-hydroxylation sites is 1. The minimum absolute atomic E-state index is 0.0486. The van der Waals surface area contributed by atoms with Gasteiger partial charge in [-0.15, -0.1) is 0 Å². The summed E-state index contributed by atoms with van der Waals surface area (Å²) in [5.74, 6) is 0. The fraction of sp³-hybridized carbons (Fsp3) is 0.364. The zero-order chi connectivity index (χ0) is 12.0. The molecule has 0 fully saturated rings. The molecule has 0 unspecified atom stereocenters. The third-order valence-electron chi connectivity index (χ3n) is 1.92. The predicted molar refractivity (Wildman–Crippen MR) is 64.9 cm³/mol. The quantitative estimate of drug-likeness (QED) is 0.852. The molecule has 88 valence electrons. The number of carbonyl (C=O) groups is 1. The molecule has 0 aromatic heterocycles. The molecule has 0 aliphatic heterocycles. The van der Waals surface area contributed by atoms with Crippen LogP contribution in [0.4, 0.5) is 10.5 Å². The number of benzene rings is 1. The average molecular weight is 243 g/mol. The molecule has 5 heteroatoms. The summed E-state index contributed by atoms with van der Waals surface area (Å²) < 4.78 is 4.91. The highest BCUT2D eigenvalue weighted by Gasteiger charge is 2.08. The van der Waals surface area contributed by atoms with Crippen molar-refractivity contribution in [1.82, 2.24) is 5.32 Å². The van der Waals surface area contributed by atoms with Gasteiger partial charge < -0.3 is 15.4 Å². The van der Waals surface area contributed by atoms with Gasteiger partial charge in [-0.3, -0.25) is 0 Å². The zero-order valence-corrected chi connectivity index (χ0v) is 10.0. The number of urea groups is 1. The Hall–Kier alpha value is -1.26. The average Bonchev–Trinajstić information content (AvgIpc) is 2.21. The summed E-state index contributed by atoms with van der Waals surface area (Å²) in [4.78, 5) is 11.5. The molecule has 0 saturated carbocycles. The summed E-state index contributed by atoms with van der Waals surface area (Å²) in [6.45, 7) is 2.33. The number of halogens is 1. The van der Waals surface area contributed by atoms with Crippen LogP contribution in [0.5, 0.6) is 0 Å². The molecule has 1 atom stereocenters. The third kappa shape index (κ3) is 4.08. The molecular weight excluding hydrogens is 228 g/mol. The summed E-state index contributed by atoms with van der Waals surface area (Å²) in [5, 5.41) is 5.90. The maximum atomic E-state index is 11.5. The molecular formula is C11H15ClN2O2. The van der Waals surface area contributed by atoms with Gasteiger partial charge in [-0.2, -0.15) is 0 Å². The van der Waals surface area contributed by atoms with Crippen LogP contribution in [0.1, 0.15) is 6.92 Å². The first-order chi connectivity index (χ1) is 7.63. The molecule has 0 aliphatic carbocycles. The Kier molecular flexibility index (Phi) is 5.08. The van der Waals surface area contributed by atoms with Crippen molar-refractivity contribution in [2.24, 2.45) is 0 Å². The van der Waals surface area contributed by atoms with Gasteiger partial charge in [-0.05, 0) is 19.1 Å². The SMILES string of the molecule is COC[C@H](C)NC(=O)Nc1ccccc1Cl. The number of hydrogen-bond acceptors (Lipinski definition) is 2. The van der Waals surface area contributed by atoms with Crippen LogP contribution in [-0.4, -0.2) is 25.8 Å². The topological polar surface area (TPSA) is 50.4 Å². The van der Waals surface area contributed by atoms with E-state index >= 15 is 0 Å². The van der Waals surface area contributed by atoms with Crippen LogP contribution in [0.25, 0.3) is 0 Å². The lowest BCUT2D eigenvalue weighted by atomic mass is 10.3. The van der Waals surface area contributed by atoms with E-state index in [1.807, 2.05) is 6.92 Å². The normalized spacial score (nSPS) is 11.9. The lowest BCUT2D eigenvalue weighted by Gasteiger charge is -2.14. The first-order valence-electron chi connectivity index (χ1n) is 4.94. The van der Waals surface area contributed by atoms with Crippen molar-refractivity contribution in [3.8, 4) is 0 Å². The summed E-state index contributed by atoms with van der Waals surface area (Å²) in [6, 6.07) is 6.72. The monoisotopic (exact) mass is 242 g/mol. The number of anilines is 1. The highest BCUT2D eigenvalue weighted by Crippen LogP contribution is 2.19. The largest absolute Gasteiger partial charge is 0.383 e. The van der Waals surface area contributed by atoms with Crippen molar-refractivity contribution in [3.63, 3.8) is 0 Å². The fourth-order valence-electron chi connectivity index (χ4n) is 1.24. The number of ether oxygens (including phenoxy) is 1. The van der Waals surface area contributed by atoms with E-state index in [2.05, 4.69) is 10.6 Å². The number of carbonyl (C=O) groups excluding carboxylic acids is 1. The summed E-state index contributed by atoms with van der Waals surface area (Å²) >= 11 is 5.90. The minimum Gasteiger partial charge on any atom is -0.383 e. The van der Waals surface area contributed by atoms with E-state index in [1.54, 1.807) is 31.4 Å². The van der Waals surface area contributed by atoms with Crippen molar-refractivity contribution in [3.05, 3.63) is 29.3 Å². The van der Waals surface area contributed by atoms with Gasteiger partial charge in [-0.25, -0.2) is 4.79 Å². The Morgan fingerprint density at radius 1 is 1.50 bits per heavy atom. The van der Waals surface area contributed by atoms with Crippen LogP contribution in [0.15, 0.2) is 24.3 Å². The van der Waals surface area contributed by atoms with Crippen LogP contribution in [0.3, 0.4) is 0 Å². The minimum atomic E-state index is -0.294. The van der Waals surface area contributed by atoms with Gasteiger partial charge in [0.1, 0.15) is 0 Å².